The lowest BCUT2D eigenvalue weighted by atomic mass is 9.96. The van der Waals surface area contributed by atoms with Gasteiger partial charge in [0.1, 0.15) is 5.82 Å². The van der Waals surface area contributed by atoms with Crippen LogP contribution in [0.3, 0.4) is 0 Å². The molecular weight excluding hydrogens is 348 g/mol. The summed E-state index contributed by atoms with van der Waals surface area (Å²) in [4.78, 5) is 20.4. The van der Waals surface area contributed by atoms with E-state index in [0.29, 0.717) is 5.56 Å². The molecule has 3 aromatic rings. The zero-order valence-electron chi connectivity index (χ0n) is 15.7. The Morgan fingerprint density at radius 1 is 0.821 bits per heavy atom. The molecule has 0 atom stereocenters. The van der Waals surface area contributed by atoms with E-state index in [1.165, 1.54) is 11.1 Å². The third-order valence-electron chi connectivity index (χ3n) is 5.27. The molecule has 0 unspecified atom stereocenters. The molecule has 1 saturated heterocycles. The second-order valence-corrected chi connectivity index (χ2v) is 7.02. The molecule has 1 aliphatic heterocycles. The lowest BCUT2D eigenvalue weighted by Gasteiger charge is -2.40. The van der Waals surface area contributed by atoms with Crippen LogP contribution in [-0.4, -0.2) is 42.0 Å². The maximum atomic E-state index is 11.2. The van der Waals surface area contributed by atoms with Crippen molar-refractivity contribution in [1.82, 2.24) is 9.88 Å². The predicted octanol–water partition coefficient (Wildman–Crippen LogP) is 3.09. The van der Waals surface area contributed by atoms with Gasteiger partial charge in [0.2, 0.25) is 5.91 Å². The molecule has 0 spiro atoms. The van der Waals surface area contributed by atoms with Crippen LogP contribution >= 0.6 is 0 Å². The number of amides is 1. The molecule has 2 heterocycles. The Kier molecular flexibility index (Phi) is 5.35. The first kappa shape index (κ1) is 18.2. The van der Waals surface area contributed by atoms with Crippen LogP contribution in [-0.2, 0) is 0 Å². The molecule has 2 N–H and O–H groups in total. The normalized spacial score (nSPS) is 15.0. The summed E-state index contributed by atoms with van der Waals surface area (Å²) in [6.45, 7) is 3.65. The number of nitrogens with zero attached hydrogens (tertiary/aromatic N) is 3. The highest BCUT2D eigenvalue weighted by Crippen LogP contribution is 2.30. The summed E-state index contributed by atoms with van der Waals surface area (Å²) in [6.07, 6.45) is 1.56. The van der Waals surface area contributed by atoms with Crippen molar-refractivity contribution in [2.75, 3.05) is 31.1 Å². The van der Waals surface area contributed by atoms with Crippen molar-refractivity contribution in [2.24, 2.45) is 5.73 Å². The fourth-order valence-corrected chi connectivity index (χ4v) is 3.81. The Hall–Kier alpha value is -3.18. The highest BCUT2D eigenvalue weighted by atomic mass is 16.1. The van der Waals surface area contributed by atoms with Crippen molar-refractivity contribution in [3.8, 4) is 0 Å². The topological polar surface area (TPSA) is 62.5 Å². The number of aromatic nitrogens is 1. The standard InChI is InChI=1S/C23H24N4O/c24-23(28)20-11-12-21(25-17-20)26-13-15-27(16-14-26)22(18-7-3-1-4-8-18)19-9-5-2-6-10-19/h1-12,17,22H,13-16H2,(H2,24,28). The average Bonchev–Trinajstić information content (AvgIpc) is 2.76. The van der Waals surface area contributed by atoms with Gasteiger partial charge in [0.05, 0.1) is 11.6 Å². The van der Waals surface area contributed by atoms with Crippen LogP contribution in [0.1, 0.15) is 27.5 Å². The van der Waals surface area contributed by atoms with Gasteiger partial charge in [-0.1, -0.05) is 60.7 Å². The SMILES string of the molecule is NC(=O)c1ccc(N2CCN(C(c3ccccc3)c3ccccc3)CC2)nc1. The summed E-state index contributed by atoms with van der Waals surface area (Å²) in [5.41, 5.74) is 8.37. The molecule has 1 amide bonds. The average molecular weight is 372 g/mol. The van der Waals surface area contributed by atoms with Gasteiger partial charge in [0.15, 0.2) is 0 Å². The number of benzene rings is 2. The Bertz CT molecular complexity index is 865. The fraction of sp³-hybridized carbons (Fsp3) is 0.217. The number of piperazine rings is 1. The highest BCUT2D eigenvalue weighted by molar-refractivity contribution is 5.92. The Morgan fingerprint density at radius 3 is 1.86 bits per heavy atom. The minimum absolute atomic E-state index is 0.245. The summed E-state index contributed by atoms with van der Waals surface area (Å²) >= 11 is 0. The summed E-state index contributed by atoms with van der Waals surface area (Å²) < 4.78 is 0. The summed E-state index contributed by atoms with van der Waals surface area (Å²) in [6, 6.07) is 25.2. The number of nitrogens with two attached hydrogens (primary N) is 1. The molecule has 0 saturated carbocycles. The molecule has 2 aromatic carbocycles. The number of primary amides is 1. The van der Waals surface area contributed by atoms with Gasteiger partial charge in [-0.3, -0.25) is 9.69 Å². The van der Waals surface area contributed by atoms with Crippen molar-refractivity contribution < 1.29 is 4.79 Å². The van der Waals surface area contributed by atoms with E-state index >= 15 is 0 Å². The van der Waals surface area contributed by atoms with E-state index in [0.717, 1.165) is 32.0 Å². The zero-order valence-corrected chi connectivity index (χ0v) is 15.7. The van der Waals surface area contributed by atoms with Gasteiger partial charge in [-0.15, -0.1) is 0 Å². The third-order valence-corrected chi connectivity index (χ3v) is 5.27. The van der Waals surface area contributed by atoms with E-state index < -0.39 is 5.91 Å². The molecule has 0 aliphatic carbocycles. The van der Waals surface area contributed by atoms with E-state index in [1.807, 2.05) is 6.07 Å². The van der Waals surface area contributed by atoms with Gasteiger partial charge in [-0.25, -0.2) is 4.98 Å². The fourth-order valence-electron chi connectivity index (χ4n) is 3.81. The number of pyridine rings is 1. The van der Waals surface area contributed by atoms with Crippen LogP contribution in [0.25, 0.3) is 0 Å². The first-order valence-corrected chi connectivity index (χ1v) is 9.57. The van der Waals surface area contributed by atoms with Crippen molar-refractivity contribution in [1.29, 1.82) is 0 Å². The molecule has 5 nitrogen and oxygen atoms in total. The smallest absolute Gasteiger partial charge is 0.250 e. The van der Waals surface area contributed by atoms with Crippen LogP contribution in [0.4, 0.5) is 5.82 Å². The number of anilines is 1. The number of rotatable bonds is 5. The molecule has 5 heteroatoms. The van der Waals surface area contributed by atoms with E-state index in [9.17, 15) is 4.79 Å². The minimum Gasteiger partial charge on any atom is -0.366 e. The first-order valence-electron chi connectivity index (χ1n) is 9.57. The second-order valence-electron chi connectivity index (χ2n) is 7.02. The largest absolute Gasteiger partial charge is 0.366 e. The Morgan fingerprint density at radius 2 is 1.39 bits per heavy atom. The second kappa shape index (κ2) is 8.23. The molecule has 0 bridgehead atoms. The van der Waals surface area contributed by atoms with Crippen molar-refractivity contribution in [2.45, 2.75) is 6.04 Å². The van der Waals surface area contributed by atoms with Gasteiger partial charge in [0, 0.05) is 32.4 Å². The van der Waals surface area contributed by atoms with Gasteiger partial charge in [-0.2, -0.15) is 0 Å². The summed E-state index contributed by atoms with van der Waals surface area (Å²) in [5.74, 6) is 0.443. The summed E-state index contributed by atoms with van der Waals surface area (Å²) in [5, 5.41) is 0. The summed E-state index contributed by atoms with van der Waals surface area (Å²) in [7, 11) is 0. The molecule has 0 radical (unpaired) electrons. The first-order chi connectivity index (χ1) is 13.7. The Labute approximate surface area is 165 Å². The maximum Gasteiger partial charge on any atom is 0.250 e. The van der Waals surface area contributed by atoms with Crippen LogP contribution in [0.15, 0.2) is 79.0 Å². The number of hydrogen-bond acceptors (Lipinski definition) is 4. The third kappa shape index (κ3) is 3.89. The van der Waals surface area contributed by atoms with E-state index in [2.05, 4.69) is 75.4 Å². The van der Waals surface area contributed by atoms with Gasteiger partial charge in [-0.05, 0) is 23.3 Å². The van der Waals surface area contributed by atoms with Crippen LogP contribution in [0.2, 0.25) is 0 Å². The molecule has 142 valence electrons. The Balaban J connectivity index is 1.51. The van der Waals surface area contributed by atoms with Gasteiger partial charge in [0.25, 0.3) is 0 Å². The van der Waals surface area contributed by atoms with Gasteiger partial charge >= 0.3 is 0 Å². The van der Waals surface area contributed by atoms with E-state index in [-0.39, 0.29) is 6.04 Å². The van der Waals surface area contributed by atoms with Crippen LogP contribution < -0.4 is 10.6 Å². The number of carbonyl (C=O) groups is 1. The molecule has 4 rings (SSSR count). The van der Waals surface area contributed by atoms with Crippen molar-refractivity contribution in [3.05, 3.63) is 95.7 Å². The maximum absolute atomic E-state index is 11.2. The van der Waals surface area contributed by atoms with Crippen molar-refractivity contribution >= 4 is 11.7 Å². The van der Waals surface area contributed by atoms with E-state index in [1.54, 1.807) is 12.3 Å². The number of carbonyl (C=O) groups excluding carboxylic acids is 1. The van der Waals surface area contributed by atoms with Crippen LogP contribution in [0.5, 0.6) is 0 Å². The molecule has 1 aliphatic rings. The van der Waals surface area contributed by atoms with E-state index in [4.69, 9.17) is 5.73 Å². The monoisotopic (exact) mass is 372 g/mol. The highest BCUT2D eigenvalue weighted by Gasteiger charge is 2.26. The van der Waals surface area contributed by atoms with Gasteiger partial charge < -0.3 is 10.6 Å². The quantitative estimate of drug-likeness (QED) is 0.748. The van der Waals surface area contributed by atoms with Crippen LogP contribution in [0, 0.1) is 0 Å². The van der Waals surface area contributed by atoms with Crippen molar-refractivity contribution in [3.63, 3.8) is 0 Å². The number of hydrogen-bond donors (Lipinski definition) is 1. The molecule has 28 heavy (non-hydrogen) atoms. The molecular formula is C23H24N4O. The minimum atomic E-state index is -0.447. The molecule has 1 aromatic heterocycles. The zero-order chi connectivity index (χ0) is 19.3. The molecule has 1 fully saturated rings. The lowest BCUT2D eigenvalue weighted by Crippen LogP contribution is -2.48. The predicted molar refractivity (Wildman–Crippen MR) is 111 cm³/mol. The lowest BCUT2D eigenvalue weighted by molar-refractivity contribution is 0.1000.